The Hall–Kier alpha value is -1.98. The molecule has 21 heavy (non-hydrogen) atoms. The van der Waals surface area contributed by atoms with Gasteiger partial charge in [0.2, 0.25) is 5.95 Å². The first-order chi connectivity index (χ1) is 10.4. The van der Waals surface area contributed by atoms with Crippen molar-refractivity contribution in [3.63, 3.8) is 0 Å². The van der Waals surface area contributed by atoms with E-state index in [1.54, 1.807) is 12.4 Å². The fourth-order valence-corrected chi connectivity index (χ4v) is 3.30. The molecular formula is C16H19N5. The van der Waals surface area contributed by atoms with Crippen LogP contribution in [0.5, 0.6) is 0 Å². The lowest BCUT2D eigenvalue weighted by Crippen LogP contribution is -2.48. The van der Waals surface area contributed by atoms with Crippen LogP contribution in [0.15, 0.2) is 36.7 Å². The minimum atomic E-state index is 0.532. The number of hydrogen-bond donors (Lipinski definition) is 2. The van der Waals surface area contributed by atoms with Crippen molar-refractivity contribution in [1.29, 1.82) is 0 Å². The maximum Gasteiger partial charge on any atom is 0.227 e. The van der Waals surface area contributed by atoms with Gasteiger partial charge in [0, 0.05) is 50.3 Å². The van der Waals surface area contributed by atoms with Gasteiger partial charge >= 0.3 is 0 Å². The van der Waals surface area contributed by atoms with E-state index in [1.807, 2.05) is 6.07 Å². The number of aromatic nitrogens is 2. The number of anilines is 2. The quantitative estimate of drug-likeness (QED) is 0.878. The van der Waals surface area contributed by atoms with E-state index in [1.165, 1.54) is 11.1 Å². The molecule has 1 aromatic heterocycles. The van der Waals surface area contributed by atoms with E-state index in [0.717, 1.165) is 38.3 Å². The number of piperazine rings is 1. The highest BCUT2D eigenvalue weighted by atomic mass is 15.2. The van der Waals surface area contributed by atoms with Gasteiger partial charge in [0.1, 0.15) is 0 Å². The van der Waals surface area contributed by atoms with Gasteiger partial charge in [-0.25, -0.2) is 9.97 Å². The zero-order chi connectivity index (χ0) is 14.1. The van der Waals surface area contributed by atoms with Gasteiger partial charge in [-0.1, -0.05) is 6.07 Å². The number of benzene rings is 1. The molecule has 1 aromatic carbocycles. The molecule has 1 saturated heterocycles. The third-order valence-electron chi connectivity index (χ3n) is 4.35. The van der Waals surface area contributed by atoms with Gasteiger partial charge in [-0.15, -0.1) is 0 Å². The van der Waals surface area contributed by atoms with E-state index in [4.69, 9.17) is 0 Å². The van der Waals surface area contributed by atoms with Gasteiger partial charge in [0.05, 0.1) is 0 Å². The number of rotatable bonds is 2. The van der Waals surface area contributed by atoms with Crippen molar-refractivity contribution in [3.8, 4) is 0 Å². The van der Waals surface area contributed by atoms with Crippen molar-refractivity contribution in [1.82, 2.24) is 20.2 Å². The summed E-state index contributed by atoms with van der Waals surface area (Å²) in [5.41, 5.74) is 3.98. The lowest BCUT2D eigenvalue weighted by Gasteiger charge is -2.41. The first-order valence-electron chi connectivity index (χ1n) is 7.52. The van der Waals surface area contributed by atoms with E-state index in [0.29, 0.717) is 12.0 Å². The molecule has 108 valence electrons. The third-order valence-corrected chi connectivity index (χ3v) is 4.35. The highest BCUT2D eigenvalue weighted by Gasteiger charge is 2.29. The summed E-state index contributed by atoms with van der Waals surface area (Å²) >= 11 is 0. The number of hydrogen-bond acceptors (Lipinski definition) is 5. The molecule has 1 atom stereocenters. The molecule has 1 unspecified atom stereocenters. The molecule has 3 heterocycles. The average Bonchev–Trinajstić information content (AvgIpc) is 2.55. The largest absolute Gasteiger partial charge is 0.324 e. The first kappa shape index (κ1) is 12.7. The standard InChI is InChI=1S/C16H19N5/c1-5-18-16(19-6-1)20-13-2-3-14-12(10-13)4-8-21-9-7-17-11-15(14)21/h1-3,5-6,10,15,17H,4,7-9,11H2,(H,18,19,20). The van der Waals surface area contributed by atoms with Gasteiger partial charge in [-0.2, -0.15) is 0 Å². The molecule has 0 aliphatic carbocycles. The summed E-state index contributed by atoms with van der Waals surface area (Å²) in [7, 11) is 0. The van der Waals surface area contributed by atoms with Gasteiger partial charge < -0.3 is 10.6 Å². The predicted octanol–water partition coefficient (Wildman–Crippen LogP) is 1.72. The maximum atomic E-state index is 4.21. The molecule has 0 radical (unpaired) electrons. The second-order valence-electron chi connectivity index (χ2n) is 5.62. The summed E-state index contributed by atoms with van der Waals surface area (Å²) in [5.74, 6) is 0.647. The van der Waals surface area contributed by atoms with Crippen molar-refractivity contribution in [2.45, 2.75) is 12.5 Å². The Bertz CT molecular complexity index is 628. The highest BCUT2D eigenvalue weighted by molar-refractivity contribution is 5.56. The second-order valence-corrected chi connectivity index (χ2v) is 5.62. The molecule has 1 fully saturated rings. The van der Waals surface area contributed by atoms with Gasteiger partial charge in [0.25, 0.3) is 0 Å². The Morgan fingerprint density at radius 2 is 2.10 bits per heavy atom. The molecule has 0 saturated carbocycles. The maximum absolute atomic E-state index is 4.21. The van der Waals surface area contributed by atoms with Crippen molar-refractivity contribution >= 4 is 11.6 Å². The molecule has 0 bridgehead atoms. The molecule has 2 aliphatic heterocycles. The summed E-state index contributed by atoms with van der Waals surface area (Å²) in [5, 5.41) is 6.78. The Morgan fingerprint density at radius 3 is 3.00 bits per heavy atom. The van der Waals surface area contributed by atoms with Gasteiger partial charge in [-0.05, 0) is 35.7 Å². The fourth-order valence-electron chi connectivity index (χ4n) is 3.30. The summed E-state index contributed by atoms with van der Waals surface area (Å²) in [4.78, 5) is 11.0. The number of nitrogens with zero attached hydrogens (tertiary/aromatic N) is 3. The van der Waals surface area contributed by atoms with E-state index in [9.17, 15) is 0 Å². The average molecular weight is 281 g/mol. The molecule has 5 heteroatoms. The first-order valence-corrected chi connectivity index (χ1v) is 7.52. The zero-order valence-corrected chi connectivity index (χ0v) is 11.9. The minimum absolute atomic E-state index is 0.532. The normalized spacial score (nSPS) is 21.4. The lowest BCUT2D eigenvalue weighted by molar-refractivity contribution is 0.152. The zero-order valence-electron chi connectivity index (χ0n) is 11.9. The van der Waals surface area contributed by atoms with Crippen LogP contribution < -0.4 is 10.6 Å². The van der Waals surface area contributed by atoms with E-state index >= 15 is 0 Å². The molecular weight excluding hydrogens is 262 g/mol. The number of fused-ring (bicyclic) bond motifs is 3. The van der Waals surface area contributed by atoms with Crippen LogP contribution in [0.1, 0.15) is 17.2 Å². The summed E-state index contributed by atoms with van der Waals surface area (Å²) in [6, 6.07) is 8.99. The Morgan fingerprint density at radius 1 is 1.19 bits per heavy atom. The lowest BCUT2D eigenvalue weighted by atomic mass is 9.91. The van der Waals surface area contributed by atoms with Crippen LogP contribution in [-0.2, 0) is 6.42 Å². The highest BCUT2D eigenvalue weighted by Crippen LogP contribution is 2.32. The van der Waals surface area contributed by atoms with Crippen LogP contribution in [0.3, 0.4) is 0 Å². The topological polar surface area (TPSA) is 53.1 Å². The second kappa shape index (κ2) is 5.42. The molecule has 2 aromatic rings. The summed E-state index contributed by atoms with van der Waals surface area (Å²) < 4.78 is 0. The Balaban J connectivity index is 1.60. The Labute approximate surface area is 124 Å². The fraction of sp³-hybridized carbons (Fsp3) is 0.375. The molecule has 2 N–H and O–H groups in total. The van der Waals surface area contributed by atoms with Crippen molar-refractivity contribution in [2.24, 2.45) is 0 Å². The van der Waals surface area contributed by atoms with E-state index < -0.39 is 0 Å². The van der Waals surface area contributed by atoms with Crippen LogP contribution in [0, 0.1) is 0 Å². The summed E-state index contributed by atoms with van der Waals surface area (Å²) in [6.45, 7) is 4.48. The van der Waals surface area contributed by atoms with E-state index in [2.05, 4.69) is 43.7 Å². The molecule has 0 amide bonds. The summed E-state index contributed by atoms with van der Waals surface area (Å²) in [6.07, 6.45) is 4.62. The van der Waals surface area contributed by atoms with Crippen LogP contribution >= 0.6 is 0 Å². The minimum Gasteiger partial charge on any atom is -0.324 e. The third kappa shape index (κ3) is 2.50. The number of nitrogens with one attached hydrogen (secondary N) is 2. The molecule has 0 spiro atoms. The Kier molecular flexibility index (Phi) is 3.29. The van der Waals surface area contributed by atoms with Crippen molar-refractivity contribution < 1.29 is 0 Å². The van der Waals surface area contributed by atoms with Crippen molar-refractivity contribution in [2.75, 3.05) is 31.5 Å². The van der Waals surface area contributed by atoms with Gasteiger partial charge in [-0.3, -0.25) is 4.90 Å². The predicted molar refractivity (Wildman–Crippen MR) is 82.6 cm³/mol. The smallest absolute Gasteiger partial charge is 0.227 e. The SMILES string of the molecule is c1cnc(Nc2ccc3c(c2)CCN2CCNCC32)nc1. The van der Waals surface area contributed by atoms with E-state index in [-0.39, 0.29) is 0 Å². The van der Waals surface area contributed by atoms with Crippen LogP contribution in [0.25, 0.3) is 0 Å². The monoisotopic (exact) mass is 281 g/mol. The molecule has 5 nitrogen and oxygen atoms in total. The van der Waals surface area contributed by atoms with Crippen LogP contribution in [-0.4, -0.2) is 41.0 Å². The van der Waals surface area contributed by atoms with Crippen LogP contribution in [0.2, 0.25) is 0 Å². The molecule has 2 aliphatic rings. The molecule has 4 rings (SSSR count). The van der Waals surface area contributed by atoms with Crippen LogP contribution in [0.4, 0.5) is 11.6 Å². The van der Waals surface area contributed by atoms with Gasteiger partial charge in [0.15, 0.2) is 0 Å². The van der Waals surface area contributed by atoms with Crippen molar-refractivity contribution in [3.05, 3.63) is 47.8 Å².